The quantitative estimate of drug-likeness (QED) is 0.243. The molecule has 1 N–H and O–H groups in total. The number of urea groups is 1. The number of amides is 4. The summed E-state index contributed by atoms with van der Waals surface area (Å²) in [7, 11) is 2.81. The van der Waals surface area contributed by atoms with Crippen molar-refractivity contribution in [1.82, 2.24) is 5.32 Å². The fraction of sp³-hybridized carbons (Fsp3) is 0.111. The van der Waals surface area contributed by atoms with E-state index in [-0.39, 0.29) is 28.5 Å². The summed E-state index contributed by atoms with van der Waals surface area (Å²) in [5.74, 6) is -1.55. The number of aryl methyl sites for hydroxylation is 1. The fourth-order valence-corrected chi connectivity index (χ4v) is 3.65. The van der Waals surface area contributed by atoms with Gasteiger partial charge in [0.15, 0.2) is 11.5 Å². The summed E-state index contributed by atoms with van der Waals surface area (Å²) in [6.07, 6.45) is 1.32. The van der Waals surface area contributed by atoms with Gasteiger partial charge in [0.25, 0.3) is 11.8 Å². The first-order valence-corrected chi connectivity index (χ1v) is 10.8. The Hall–Kier alpha value is -4.92. The van der Waals surface area contributed by atoms with Crippen LogP contribution in [0.3, 0.4) is 0 Å². The third-order valence-electron chi connectivity index (χ3n) is 5.38. The molecular formula is C27H22N2O7. The molecule has 1 saturated heterocycles. The lowest BCUT2D eigenvalue weighted by Gasteiger charge is -2.27. The summed E-state index contributed by atoms with van der Waals surface area (Å²) in [4.78, 5) is 51.6. The molecule has 0 unspecified atom stereocenters. The monoisotopic (exact) mass is 486 g/mol. The van der Waals surface area contributed by atoms with E-state index in [4.69, 9.17) is 14.2 Å². The molecule has 36 heavy (non-hydrogen) atoms. The number of barbiturate groups is 1. The van der Waals surface area contributed by atoms with Gasteiger partial charge in [0.2, 0.25) is 0 Å². The van der Waals surface area contributed by atoms with E-state index >= 15 is 0 Å². The van der Waals surface area contributed by atoms with Crippen LogP contribution in [0.4, 0.5) is 10.5 Å². The van der Waals surface area contributed by atoms with Gasteiger partial charge in [0.1, 0.15) is 11.3 Å². The van der Waals surface area contributed by atoms with Crippen LogP contribution >= 0.6 is 0 Å². The molecule has 4 amide bonds. The Morgan fingerprint density at radius 3 is 2.33 bits per heavy atom. The molecular weight excluding hydrogens is 464 g/mol. The van der Waals surface area contributed by atoms with E-state index in [0.717, 1.165) is 10.5 Å². The summed E-state index contributed by atoms with van der Waals surface area (Å²) < 4.78 is 16.1. The van der Waals surface area contributed by atoms with Crippen LogP contribution in [0.15, 0.2) is 72.3 Å². The van der Waals surface area contributed by atoms with Crippen LogP contribution in [0.25, 0.3) is 6.08 Å². The van der Waals surface area contributed by atoms with E-state index in [1.165, 1.54) is 38.5 Å². The van der Waals surface area contributed by atoms with Gasteiger partial charge in [-0.25, -0.2) is 14.5 Å². The molecule has 0 spiro atoms. The van der Waals surface area contributed by atoms with Crippen LogP contribution in [0, 0.1) is 6.92 Å². The van der Waals surface area contributed by atoms with Crippen LogP contribution in [0.2, 0.25) is 0 Å². The number of carbonyl (C=O) groups excluding carboxylic acids is 4. The molecule has 0 aliphatic carbocycles. The minimum Gasteiger partial charge on any atom is -0.495 e. The Labute approximate surface area is 206 Å². The highest BCUT2D eigenvalue weighted by molar-refractivity contribution is 6.39. The van der Waals surface area contributed by atoms with Crippen molar-refractivity contribution in [2.24, 2.45) is 0 Å². The largest absolute Gasteiger partial charge is 0.495 e. The first kappa shape index (κ1) is 24.2. The van der Waals surface area contributed by atoms with Crippen molar-refractivity contribution >= 4 is 35.6 Å². The lowest BCUT2D eigenvalue weighted by Crippen LogP contribution is -2.54. The zero-order chi connectivity index (χ0) is 25.8. The van der Waals surface area contributed by atoms with Crippen molar-refractivity contribution in [1.29, 1.82) is 0 Å². The van der Waals surface area contributed by atoms with E-state index in [9.17, 15) is 19.2 Å². The topological polar surface area (TPSA) is 111 Å². The van der Waals surface area contributed by atoms with Crippen molar-refractivity contribution in [2.45, 2.75) is 6.92 Å². The van der Waals surface area contributed by atoms with Gasteiger partial charge in [0, 0.05) is 0 Å². The van der Waals surface area contributed by atoms with Gasteiger partial charge >= 0.3 is 12.0 Å². The van der Waals surface area contributed by atoms with E-state index in [0.29, 0.717) is 11.1 Å². The van der Waals surface area contributed by atoms with Crippen molar-refractivity contribution in [3.05, 3.63) is 89.0 Å². The number of anilines is 1. The van der Waals surface area contributed by atoms with E-state index in [2.05, 4.69) is 5.32 Å². The summed E-state index contributed by atoms with van der Waals surface area (Å²) in [5, 5.41) is 2.17. The SMILES string of the molecule is COc1cc(/C=C2\C(=O)NC(=O)N(c3ccccc3OC)C2=O)ccc1OC(=O)c1cccc(C)c1. The predicted molar refractivity (Wildman–Crippen MR) is 131 cm³/mol. The Morgan fingerprint density at radius 2 is 1.61 bits per heavy atom. The minimum absolute atomic E-state index is 0.163. The minimum atomic E-state index is -0.886. The van der Waals surface area contributed by atoms with Gasteiger partial charge < -0.3 is 14.2 Å². The van der Waals surface area contributed by atoms with Gasteiger partial charge in [-0.2, -0.15) is 0 Å². The van der Waals surface area contributed by atoms with Crippen molar-refractivity contribution < 1.29 is 33.4 Å². The number of nitrogens with one attached hydrogen (secondary N) is 1. The molecule has 0 radical (unpaired) electrons. The summed E-state index contributed by atoms with van der Waals surface area (Å²) in [5.41, 5.74) is 1.63. The maximum atomic E-state index is 13.2. The Bertz CT molecular complexity index is 1410. The number of methoxy groups -OCH3 is 2. The van der Waals surface area contributed by atoms with Crippen LogP contribution in [0.5, 0.6) is 17.2 Å². The van der Waals surface area contributed by atoms with Crippen molar-refractivity contribution in [3.8, 4) is 17.2 Å². The zero-order valence-corrected chi connectivity index (χ0v) is 19.7. The second-order valence-corrected chi connectivity index (χ2v) is 7.80. The molecule has 0 bridgehead atoms. The number of benzene rings is 3. The summed E-state index contributed by atoms with van der Waals surface area (Å²) in [6.45, 7) is 1.87. The first-order chi connectivity index (χ1) is 17.3. The number of hydrogen-bond donors (Lipinski definition) is 1. The lowest BCUT2D eigenvalue weighted by atomic mass is 10.1. The summed E-state index contributed by atoms with van der Waals surface area (Å²) in [6, 6.07) is 17.1. The molecule has 1 fully saturated rings. The Morgan fingerprint density at radius 1 is 0.861 bits per heavy atom. The molecule has 3 aromatic rings. The van der Waals surface area contributed by atoms with Gasteiger partial charge in [-0.05, 0) is 55.0 Å². The molecule has 0 atom stereocenters. The second-order valence-electron chi connectivity index (χ2n) is 7.80. The van der Waals surface area contributed by atoms with Crippen molar-refractivity contribution in [3.63, 3.8) is 0 Å². The van der Waals surface area contributed by atoms with E-state index in [1.54, 1.807) is 42.5 Å². The maximum absolute atomic E-state index is 13.2. The molecule has 1 aliphatic heterocycles. The van der Waals surface area contributed by atoms with E-state index < -0.39 is 23.8 Å². The average molecular weight is 486 g/mol. The third kappa shape index (κ3) is 4.80. The molecule has 4 rings (SSSR count). The van der Waals surface area contributed by atoms with Crippen molar-refractivity contribution in [2.75, 3.05) is 19.1 Å². The highest BCUT2D eigenvalue weighted by Crippen LogP contribution is 2.32. The number of para-hydroxylation sites is 2. The number of hydrogen-bond acceptors (Lipinski definition) is 7. The highest BCUT2D eigenvalue weighted by atomic mass is 16.6. The van der Waals surface area contributed by atoms with Crippen LogP contribution < -0.4 is 24.4 Å². The van der Waals surface area contributed by atoms with Gasteiger partial charge in [-0.1, -0.05) is 35.9 Å². The van der Waals surface area contributed by atoms with Gasteiger partial charge in [-0.15, -0.1) is 0 Å². The van der Waals surface area contributed by atoms with Crippen LogP contribution in [-0.4, -0.2) is 38.0 Å². The lowest BCUT2D eigenvalue weighted by molar-refractivity contribution is -0.122. The van der Waals surface area contributed by atoms with Gasteiger partial charge in [-0.3, -0.25) is 14.9 Å². The molecule has 9 heteroatoms. The predicted octanol–water partition coefficient (Wildman–Crippen LogP) is 3.90. The number of ether oxygens (including phenoxy) is 3. The normalized spacial score (nSPS) is 14.5. The second kappa shape index (κ2) is 10.1. The first-order valence-electron chi connectivity index (χ1n) is 10.8. The molecule has 0 saturated carbocycles. The number of nitrogens with zero attached hydrogens (tertiary/aromatic N) is 1. The number of rotatable bonds is 6. The smallest absolute Gasteiger partial charge is 0.343 e. The van der Waals surface area contributed by atoms with Crippen LogP contribution in [0.1, 0.15) is 21.5 Å². The number of esters is 1. The zero-order valence-electron chi connectivity index (χ0n) is 19.7. The third-order valence-corrected chi connectivity index (χ3v) is 5.38. The molecule has 182 valence electrons. The number of carbonyl (C=O) groups is 4. The molecule has 3 aromatic carbocycles. The molecule has 1 heterocycles. The highest BCUT2D eigenvalue weighted by Gasteiger charge is 2.38. The van der Waals surface area contributed by atoms with Crippen LogP contribution in [-0.2, 0) is 9.59 Å². The standard InChI is InChI=1S/C27H22N2O7/c1-16-7-6-8-18(13-16)26(32)36-22-12-11-17(15-23(22)35-3)14-19-24(30)28-27(33)29(25(19)31)20-9-4-5-10-21(20)34-2/h4-15H,1-3H3,(H,28,30,33)/b19-14+. The Balaban J connectivity index is 1.64. The molecule has 0 aromatic heterocycles. The fourth-order valence-electron chi connectivity index (χ4n) is 3.65. The molecule has 9 nitrogen and oxygen atoms in total. The van der Waals surface area contributed by atoms with Gasteiger partial charge in [0.05, 0.1) is 25.5 Å². The van der Waals surface area contributed by atoms with E-state index in [1.807, 2.05) is 13.0 Å². The Kier molecular flexibility index (Phi) is 6.82. The number of imide groups is 2. The average Bonchev–Trinajstić information content (AvgIpc) is 2.87. The molecule has 1 aliphatic rings. The summed E-state index contributed by atoms with van der Waals surface area (Å²) >= 11 is 0. The maximum Gasteiger partial charge on any atom is 0.343 e.